The summed E-state index contributed by atoms with van der Waals surface area (Å²) in [5, 5.41) is 4.93. The van der Waals surface area contributed by atoms with Crippen molar-refractivity contribution in [1.82, 2.24) is 5.32 Å². The number of hydrogen-bond donors (Lipinski definition) is 1. The fourth-order valence-corrected chi connectivity index (χ4v) is 3.12. The zero-order chi connectivity index (χ0) is 14.2. The van der Waals surface area contributed by atoms with Crippen LogP contribution >= 0.6 is 23.1 Å². The van der Waals surface area contributed by atoms with Gasteiger partial charge in [-0.3, -0.25) is 4.79 Å². The van der Waals surface area contributed by atoms with E-state index in [1.807, 2.05) is 41.8 Å². The fourth-order valence-electron chi connectivity index (χ4n) is 1.67. The Hall–Kier alpha value is -1.46. The van der Waals surface area contributed by atoms with Crippen molar-refractivity contribution < 1.29 is 9.53 Å². The molecular weight excluding hydrogens is 290 g/mol. The van der Waals surface area contributed by atoms with Crippen molar-refractivity contribution in [2.45, 2.75) is 12.3 Å². The van der Waals surface area contributed by atoms with Crippen LogP contribution in [-0.4, -0.2) is 18.8 Å². The zero-order valence-corrected chi connectivity index (χ0v) is 12.9. The summed E-state index contributed by atoms with van der Waals surface area (Å²) in [5.74, 6) is 2.21. The lowest BCUT2D eigenvalue weighted by Crippen LogP contribution is -2.24. The van der Waals surface area contributed by atoms with Crippen molar-refractivity contribution in [3.8, 4) is 5.75 Å². The third-order valence-electron chi connectivity index (χ3n) is 2.68. The highest BCUT2D eigenvalue weighted by atomic mass is 32.2. The van der Waals surface area contributed by atoms with Crippen LogP contribution in [-0.2, 0) is 17.1 Å². The smallest absolute Gasteiger partial charge is 0.230 e. The molecule has 2 rings (SSSR count). The van der Waals surface area contributed by atoms with Gasteiger partial charge in [-0.05, 0) is 29.1 Å². The summed E-state index contributed by atoms with van der Waals surface area (Å²) in [5.41, 5.74) is 1.17. The first-order valence-corrected chi connectivity index (χ1v) is 8.31. The SMILES string of the molecule is COc1cccc(CSCC(=O)NCc2cccs2)c1. The van der Waals surface area contributed by atoms with Crippen LogP contribution in [0.25, 0.3) is 0 Å². The lowest BCUT2D eigenvalue weighted by Gasteiger charge is -2.05. The minimum Gasteiger partial charge on any atom is -0.497 e. The number of rotatable bonds is 7. The maximum absolute atomic E-state index is 11.7. The molecule has 0 unspecified atom stereocenters. The van der Waals surface area contributed by atoms with Gasteiger partial charge < -0.3 is 10.1 Å². The molecule has 0 radical (unpaired) electrons. The van der Waals surface area contributed by atoms with Crippen LogP contribution < -0.4 is 10.1 Å². The summed E-state index contributed by atoms with van der Waals surface area (Å²) in [4.78, 5) is 12.9. The molecule has 1 heterocycles. The van der Waals surface area contributed by atoms with Crippen LogP contribution in [0.1, 0.15) is 10.4 Å². The van der Waals surface area contributed by atoms with Crippen LogP contribution in [0, 0.1) is 0 Å². The molecule has 2 aromatic rings. The van der Waals surface area contributed by atoms with E-state index in [1.165, 1.54) is 10.4 Å². The van der Waals surface area contributed by atoms with Gasteiger partial charge in [0.2, 0.25) is 5.91 Å². The average molecular weight is 307 g/mol. The molecule has 0 saturated carbocycles. The summed E-state index contributed by atoms with van der Waals surface area (Å²) in [7, 11) is 1.66. The molecule has 3 nitrogen and oxygen atoms in total. The second-order valence-electron chi connectivity index (χ2n) is 4.20. The van der Waals surface area contributed by atoms with E-state index in [1.54, 1.807) is 30.2 Å². The summed E-state index contributed by atoms with van der Waals surface area (Å²) in [6.07, 6.45) is 0. The monoisotopic (exact) mass is 307 g/mol. The molecule has 0 aliphatic carbocycles. The summed E-state index contributed by atoms with van der Waals surface area (Å²) in [6, 6.07) is 11.9. The fraction of sp³-hybridized carbons (Fsp3) is 0.267. The van der Waals surface area contributed by atoms with Crippen molar-refractivity contribution in [3.63, 3.8) is 0 Å². The van der Waals surface area contributed by atoms with E-state index >= 15 is 0 Å². The van der Waals surface area contributed by atoms with E-state index in [4.69, 9.17) is 4.74 Å². The Morgan fingerprint density at radius 3 is 3.00 bits per heavy atom. The first kappa shape index (κ1) is 14.9. The molecule has 0 atom stereocenters. The molecule has 0 bridgehead atoms. The van der Waals surface area contributed by atoms with Gasteiger partial charge >= 0.3 is 0 Å². The van der Waals surface area contributed by atoms with E-state index in [-0.39, 0.29) is 5.91 Å². The van der Waals surface area contributed by atoms with Crippen LogP contribution in [0.15, 0.2) is 41.8 Å². The van der Waals surface area contributed by atoms with Gasteiger partial charge in [-0.25, -0.2) is 0 Å². The topological polar surface area (TPSA) is 38.3 Å². The predicted octanol–water partition coefficient (Wildman–Crippen LogP) is 3.31. The van der Waals surface area contributed by atoms with Crippen molar-refractivity contribution in [2.24, 2.45) is 0 Å². The Morgan fingerprint density at radius 2 is 2.25 bits per heavy atom. The number of amides is 1. The molecule has 0 spiro atoms. The number of hydrogen-bond acceptors (Lipinski definition) is 4. The summed E-state index contributed by atoms with van der Waals surface area (Å²) < 4.78 is 5.17. The summed E-state index contributed by atoms with van der Waals surface area (Å²) >= 11 is 3.26. The van der Waals surface area contributed by atoms with E-state index in [0.717, 1.165) is 11.5 Å². The predicted molar refractivity (Wildman–Crippen MR) is 85.3 cm³/mol. The number of thioether (sulfide) groups is 1. The van der Waals surface area contributed by atoms with Gasteiger partial charge in [-0.2, -0.15) is 0 Å². The van der Waals surface area contributed by atoms with Gasteiger partial charge in [0.25, 0.3) is 0 Å². The Bertz CT molecular complexity index is 541. The highest BCUT2D eigenvalue weighted by Crippen LogP contribution is 2.17. The van der Waals surface area contributed by atoms with E-state index in [0.29, 0.717) is 12.3 Å². The molecule has 1 amide bonds. The largest absolute Gasteiger partial charge is 0.497 e. The standard InChI is InChI=1S/C15H17NO2S2/c1-18-13-5-2-4-12(8-13)10-19-11-15(17)16-9-14-6-3-7-20-14/h2-8H,9-11H2,1H3,(H,16,17). The molecule has 1 N–H and O–H groups in total. The number of carbonyl (C=O) groups is 1. The normalized spacial score (nSPS) is 10.2. The lowest BCUT2D eigenvalue weighted by atomic mass is 10.2. The van der Waals surface area contributed by atoms with Crippen LogP contribution in [0.2, 0.25) is 0 Å². The number of benzene rings is 1. The highest BCUT2D eigenvalue weighted by molar-refractivity contribution is 7.99. The molecule has 0 saturated heterocycles. The third-order valence-corrected chi connectivity index (χ3v) is 4.56. The van der Waals surface area contributed by atoms with E-state index in [2.05, 4.69) is 5.32 Å². The van der Waals surface area contributed by atoms with Crippen molar-refractivity contribution in [1.29, 1.82) is 0 Å². The van der Waals surface area contributed by atoms with Gasteiger partial charge in [-0.1, -0.05) is 18.2 Å². The number of carbonyl (C=O) groups excluding carboxylic acids is 1. The van der Waals surface area contributed by atoms with E-state index in [9.17, 15) is 4.79 Å². The van der Waals surface area contributed by atoms with Crippen LogP contribution in [0.3, 0.4) is 0 Å². The highest BCUT2D eigenvalue weighted by Gasteiger charge is 2.03. The maximum atomic E-state index is 11.7. The first-order valence-electron chi connectivity index (χ1n) is 6.27. The second kappa shape index (κ2) is 7.97. The minimum absolute atomic E-state index is 0.0753. The van der Waals surface area contributed by atoms with Crippen LogP contribution in [0.5, 0.6) is 5.75 Å². The molecule has 0 aliphatic heterocycles. The second-order valence-corrected chi connectivity index (χ2v) is 6.22. The number of nitrogens with one attached hydrogen (secondary N) is 1. The zero-order valence-electron chi connectivity index (χ0n) is 11.3. The van der Waals surface area contributed by atoms with Gasteiger partial charge in [0.15, 0.2) is 0 Å². The van der Waals surface area contributed by atoms with Gasteiger partial charge in [0.05, 0.1) is 19.4 Å². The van der Waals surface area contributed by atoms with Gasteiger partial charge in [0, 0.05) is 10.6 Å². The molecule has 1 aromatic heterocycles. The Kier molecular flexibility index (Phi) is 5.95. The molecule has 1 aromatic carbocycles. The van der Waals surface area contributed by atoms with E-state index < -0.39 is 0 Å². The number of ether oxygens (including phenoxy) is 1. The molecule has 106 valence electrons. The van der Waals surface area contributed by atoms with Crippen LogP contribution in [0.4, 0.5) is 0 Å². The molecule has 5 heteroatoms. The van der Waals surface area contributed by atoms with Crippen molar-refractivity contribution >= 4 is 29.0 Å². The number of thiophene rings is 1. The maximum Gasteiger partial charge on any atom is 0.230 e. The van der Waals surface area contributed by atoms with Gasteiger partial charge in [0.1, 0.15) is 5.75 Å². The quantitative estimate of drug-likeness (QED) is 0.853. The Morgan fingerprint density at radius 1 is 1.35 bits per heavy atom. The van der Waals surface area contributed by atoms with Gasteiger partial charge in [-0.15, -0.1) is 23.1 Å². The first-order chi connectivity index (χ1) is 9.78. The molecule has 20 heavy (non-hydrogen) atoms. The molecular formula is C15H17NO2S2. The number of methoxy groups -OCH3 is 1. The molecule has 0 aliphatic rings. The third kappa shape index (κ3) is 4.90. The average Bonchev–Trinajstić information content (AvgIpc) is 2.99. The Labute approximate surface area is 127 Å². The lowest BCUT2D eigenvalue weighted by molar-refractivity contribution is -0.118. The Balaban J connectivity index is 1.68. The molecule has 0 fully saturated rings. The van der Waals surface area contributed by atoms with Crippen molar-refractivity contribution in [2.75, 3.05) is 12.9 Å². The summed E-state index contributed by atoms with van der Waals surface area (Å²) in [6.45, 7) is 0.621. The minimum atomic E-state index is 0.0753. The van der Waals surface area contributed by atoms with Crippen molar-refractivity contribution in [3.05, 3.63) is 52.2 Å².